The molecule has 24 heavy (non-hydrogen) atoms. The summed E-state index contributed by atoms with van der Waals surface area (Å²) < 4.78 is 0. The summed E-state index contributed by atoms with van der Waals surface area (Å²) in [5.41, 5.74) is 0.783. The molecule has 3 heterocycles. The van der Waals surface area contributed by atoms with Gasteiger partial charge in [-0.25, -0.2) is 9.78 Å². The van der Waals surface area contributed by atoms with Crippen LogP contribution >= 0.6 is 11.3 Å². The van der Waals surface area contributed by atoms with Crippen LogP contribution in [0, 0.1) is 11.8 Å². The minimum absolute atomic E-state index is 0.0957. The zero-order chi connectivity index (χ0) is 16.5. The average molecular weight is 348 g/mol. The summed E-state index contributed by atoms with van der Waals surface area (Å²) in [7, 11) is 0. The first-order valence-corrected chi connectivity index (χ1v) is 9.86. The molecule has 6 nitrogen and oxygen atoms in total. The van der Waals surface area contributed by atoms with Crippen molar-refractivity contribution in [3.63, 3.8) is 0 Å². The lowest BCUT2D eigenvalue weighted by Crippen LogP contribution is -2.45. The van der Waals surface area contributed by atoms with E-state index in [1.807, 2.05) is 10.3 Å². The summed E-state index contributed by atoms with van der Waals surface area (Å²) in [5, 5.41) is 5.38. The van der Waals surface area contributed by atoms with Crippen LogP contribution in [0.5, 0.6) is 0 Å². The number of nitrogens with zero attached hydrogens (tertiary/aromatic N) is 3. The number of rotatable bonds is 3. The molecule has 0 bridgehead atoms. The van der Waals surface area contributed by atoms with Crippen LogP contribution < -0.4 is 10.2 Å². The number of amides is 3. The molecule has 1 N–H and O–H groups in total. The number of carbonyl (C=O) groups excluding carboxylic acids is 2. The van der Waals surface area contributed by atoms with Crippen molar-refractivity contribution in [2.24, 2.45) is 11.8 Å². The Morgan fingerprint density at radius 1 is 1.25 bits per heavy atom. The van der Waals surface area contributed by atoms with Gasteiger partial charge in [0.25, 0.3) is 0 Å². The van der Waals surface area contributed by atoms with Crippen molar-refractivity contribution in [1.82, 2.24) is 15.2 Å². The van der Waals surface area contributed by atoms with Gasteiger partial charge < -0.3 is 10.2 Å². The van der Waals surface area contributed by atoms with Gasteiger partial charge in [-0.05, 0) is 24.7 Å². The zero-order valence-corrected chi connectivity index (χ0v) is 14.7. The molecule has 2 aliphatic heterocycles. The monoisotopic (exact) mass is 348 g/mol. The van der Waals surface area contributed by atoms with E-state index in [-0.39, 0.29) is 11.9 Å². The molecule has 2 atom stereocenters. The maximum atomic E-state index is 12.6. The van der Waals surface area contributed by atoms with E-state index < -0.39 is 0 Å². The fourth-order valence-electron chi connectivity index (χ4n) is 4.25. The van der Waals surface area contributed by atoms with Gasteiger partial charge in [0.1, 0.15) is 0 Å². The number of piperidine rings is 1. The van der Waals surface area contributed by atoms with Crippen molar-refractivity contribution in [3.05, 3.63) is 11.1 Å². The van der Waals surface area contributed by atoms with E-state index in [4.69, 9.17) is 0 Å². The van der Waals surface area contributed by atoms with Gasteiger partial charge in [0, 0.05) is 31.6 Å². The lowest BCUT2D eigenvalue weighted by atomic mass is 9.75. The van der Waals surface area contributed by atoms with Crippen molar-refractivity contribution in [1.29, 1.82) is 0 Å². The summed E-state index contributed by atoms with van der Waals surface area (Å²) in [6, 6.07) is -0.0957. The molecule has 4 rings (SSSR count). The number of nitrogens with one attached hydrogen (secondary N) is 1. The van der Waals surface area contributed by atoms with Crippen LogP contribution in [0.15, 0.2) is 5.38 Å². The first kappa shape index (κ1) is 15.9. The molecule has 0 unspecified atom stereocenters. The highest BCUT2D eigenvalue weighted by atomic mass is 32.1. The molecular weight excluding hydrogens is 324 g/mol. The van der Waals surface area contributed by atoms with E-state index in [1.165, 1.54) is 37.0 Å². The number of hydrogen-bond donors (Lipinski definition) is 1. The van der Waals surface area contributed by atoms with Crippen molar-refractivity contribution in [2.45, 2.75) is 38.5 Å². The number of thiazole rings is 1. The Balaban J connectivity index is 1.36. The van der Waals surface area contributed by atoms with Gasteiger partial charge in [-0.2, -0.15) is 0 Å². The topological polar surface area (TPSA) is 65.5 Å². The Hall–Kier alpha value is -1.63. The molecule has 7 heteroatoms. The number of fused-ring (bicyclic) bond motifs is 1. The lowest BCUT2D eigenvalue weighted by molar-refractivity contribution is -0.133. The predicted molar refractivity (Wildman–Crippen MR) is 93.2 cm³/mol. The quantitative estimate of drug-likeness (QED) is 0.911. The van der Waals surface area contributed by atoms with Gasteiger partial charge in [-0.15, -0.1) is 11.3 Å². The molecule has 1 aliphatic carbocycles. The third kappa shape index (κ3) is 3.14. The van der Waals surface area contributed by atoms with E-state index >= 15 is 0 Å². The van der Waals surface area contributed by atoms with Gasteiger partial charge in [-0.3, -0.25) is 9.69 Å². The van der Waals surface area contributed by atoms with E-state index in [1.54, 1.807) is 4.90 Å². The second kappa shape index (κ2) is 6.70. The SMILES string of the molecule is O=C(Cc1csc(N2CCNC2=O)n1)N1CC[C@H]2CCCC[C@@H]2C1. The largest absolute Gasteiger partial charge is 0.342 e. The van der Waals surface area contributed by atoms with Crippen molar-refractivity contribution >= 4 is 28.4 Å². The zero-order valence-electron chi connectivity index (χ0n) is 13.9. The summed E-state index contributed by atoms with van der Waals surface area (Å²) in [5.74, 6) is 1.72. The second-order valence-corrected chi connectivity index (χ2v) is 7.95. The molecule has 0 aromatic carbocycles. The van der Waals surface area contributed by atoms with E-state index in [0.717, 1.165) is 31.1 Å². The van der Waals surface area contributed by atoms with Crippen molar-refractivity contribution < 1.29 is 9.59 Å². The maximum Gasteiger partial charge on any atom is 0.323 e. The number of aromatic nitrogens is 1. The first-order valence-electron chi connectivity index (χ1n) is 8.98. The van der Waals surface area contributed by atoms with E-state index in [0.29, 0.717) is 30.6 Å². The summed E-state index contributed by atoms with van der Waals surface area (Å²) >= 11 is 1.44. The average Bonchev–Trinajstić information content (AvgIpc) is 3.23. The molecule has 1 saturated carbocycles. The highest BCUT2D eigenvalue weighted by molar-refractivity contribution is 7.14. The van der Waals surface area contributed by atoms with Crippen molar-refractivity contribution in [3.8, 4) is 0 Å². The Kier molecular flexibility index (Phi) is 4.43. The predicted octanol–water partition coefficient (Wildman–Crippen LogP) is 2.25. The molecule has 130 valence electrons. The Labute approximate surface area is 146 Å². The molecule has 2 saturated heterocycles. The second-order valence-electron chi connectivity index (χ2n) is 7.11. The summed E-state index contributed by atoms with van der Waals surface area (Å²) in [4.78, 5) is 32.5. The highest BCUT2D eigenvalue weighted by Crippen LogP contribution is 2.36. The highest BCUT2D eigenvalue weighted by Gasteiger charge is 2.33. The van der Waals surface area contributed by atoms with Crippen molar-refractivity contribution in [2.75, 3.05) is 31.1 Å². The minimum Gasteiger partial charge on any atom is -0.342 e. The Morgan fingerprint density at radius 3 is 2.88 bits per heavy atom. The van der Waals surface area contributed by atoms with Gasteiger partial charge in [-0.1, -0.05) is 19.3 Å². The van der Waals surface area contributed by atoms with Gasteiger partial charge in [0.05, 0.1) is 12.1 Å². The van der Waals surface area contributed by atoms with Gasteiger partial charge >= 0.3 is 6.03 Å². The lowest BCUT2D eigenvalue weighted by Gasteiger charge is -2.41. The molecule has 3 amide bonds. The number of hydrogen-bond acceptors (Lipinski definition) is 4. The minimum atomic E-state index is -0.0957. The molecule has 1 aromatic rings. The van der Waals surface area contributed by atoms with Crippen LogP contribution in [0.4, 0.5) is 9.93 Å². The molecule has 1 aromatic heterocycles. The molecular formula is C17H24N4O2S. The van der Waals surface area contributed by atoms with Crippen LogP contribution in [-0.4, -0.2) is 48.0 Å². The van der Waals surface area contributed by atoms with Crippen LogP contribution in [0.2, 0.25) is 0 Å². The first-order chi connectivity index (χ1) is 11.7. The maximum absolute atomic E-state index is 12.6. The summed E-state index contributed by atoms with van der Waals surface area (Å²) in [6.07, 6.45) is 6.81. The van der Waals surface area contributed by atoms with E-state index in [9.17, 15) is 9.59 Å². The number of urea groups is 1. The third-order valence-electron chi connectivity index (χ3n) is 5.60. The molecule has 3 aliphatic rings. The van der Waals surface area contributed by atoms with Crippen LogP contribution in [0.1, 0.15) is 37.8 Å². The van der Waals surface area contributed by atoms with Crippen LogP contribution in [0.3, 0.4) is 0 Å². The standard InChI is InChI=1S/C17H24N4O2S/c22-15(20-7-5-12-3-1-2-4-13(12)10-20)9-14-11-24-17(19-14)21-8-6-18-16(21)23/h11-13H,1-10H2,(H,18,23)/t12-,13-/m1/s1. The van der Waals surface area contributed by atoms with E-state index in [2.05, 4.69) is 10.3 Å². The molecule has 0 radical (unpaired) electrons. The Morgan fingerprint density at radius 2 is 2.08 bits per heavy atom. The molecule has 0 spiro atoms. The normalized spacial score (nSPS) is 27.1. The van der Waals surface area contributed by atoms with Crippen LogP contribution in [0.25, 0.3) is 0 Å². The molecule has 3 fully saturated rings. The number of carbonyl (C=O) groups is 2. The third-order valence-corrected chi connectivity index (χ3v) is 6.52. The smallest absolute Gasteiger partial charge is 0.323 e. The van der Waals surface area contributed by atoms with Gasteiger partial charge in [0.2, 0.25) is 5.91 Å². The fourth-order valence-corrected chi connectivity index (χ4v) is 5.10. The fraction of sp³-hybridized carbons (Fsp3) is 0.706. The van der Waals surface area contributed by atoms with Gasteiger partial charge in [0.15, 0.2) is 5.13 Å². The Bertz CT molecular complexity index is 632. The van der Waals surface area contributed by atoms with Crippen LogP contribution in [-0.2, 0) is 11.2 Å². The summed E-state index contributed by atoms with van der Waals surface area (Å²) in [6.45, 7) is 3.12. The number of likely N-dealkylation sites (tertiary alicyclic amines) is 1. The number of anilines is 1.